The van der Waals surface area contributed by atoms with E-state index >= 15 is 0 Å². The third kappa shape index (κ3) is 2.92. The van der Waals surface area contributed by atoms with Crippen LogP contribution in [0.25, 0.3) is 0 Å². The molecule has 5 nitrogen and oxygen atoms in total. The van der Waals surface area contributed by atoms with Crippen molar-refractivity contribution in [3.05, 3.63) is 33.9 Å². The van der Waals surface area contributed by atoms with Gasteiger partial charge >= 0.3 is 0 Å². The number of nitrogens with zero attached hydrogens (tertiary/aromatic N) is 1. The first-order valence-electron chi connectivity index (χ1n) is 4.65. The van der Waals surface area contributed by atoms with E-state index in [9.17, 15) is 10.1 Å². The van der Waals surface area contributed by atoms with Gasteiger partial charge in [-0.05, 0) is 13.8 Å². The highest BCUT2D eigenvalue weighted by molar-refractivity contribution is 5.62. The van der Waals surface area contributed by atoms with E-state index in [0.29, 0.717) is 12.2 Å². The number of nitrogen functional groups attached to an aromatic ring is 1. The molecule has 0 heterocycles. The Morgan fingerprint density at radius 3 is 2.73 bits per heavy atom. The van der Waals surface area contributed by atoms with E-state index in [1.165, 1.54) is 6.07 Å². The van der Waals surface area contributed by atoms with Crippen LogP contribution < -0.4 is 5.73 Å². The number of rotatable bonds is 4. The first kappa shape index (κ1) is 11.5. The first-order valence-corrected chi connectivity index (χ1v) is 4.65. The van der Waals surface area contributed by atoms with Gasteiger partial charge in [-0.3, -0.25) is 10.1 Å². The van der Waals surface area contributed by atoms with E-state index in [1.807, 2.05) is 13.8 Å². The Hall–Kier alpha value is -1.62. The van der Waals surface area contributed by atoms with Gasteiger partial charge in [-0.2, -0.15) is 0 Å². The van der Waals surface area contributed by atoms with E-state index in [2.05, 4.69) is 0 Å². The van der Waals surface area contributed by atoms with Crippen LogP contribution in [0.1, 0.15) is 19.4 Å². The minimum absolute atomic E-state index is 0.0696. The summed E-state index contributed by atoms with van der Waals surface area (Å²) in [5, 5.41) is 10.6. The second kappa shape index (κ2) is 4.75. The van der Waals surface area contributed by atoms with Gasteiger partial charge in [0.1, 0.15) is 5.69 Å². The summed E-state index contributed by atoms with van der Waals surface area (Å²) in [5.74, 6) is 0. The van der Waals surface area contributed by atoms with Gasteiger partial charge in [-0.25, -0.2) is 0 Å². The molecule has 0 unspecified atom stereocenters. The summed E-state index contributed by atoms with van der Waals surface area (Å²) in [7, 11) is 0. The molecule has 0 fully saturated rings. The monoisotopic (exact) mass is 210 g/mol. The predicted octanol–water partition coefficient (Wildman–Crippen LogP) is 2.10. The van der Waals surface area contributed by atoms with Crippen LogP contribution in [0.3, 0.4) is 0 Å². The molecule has 0 radical (unpaired) electrons. The maximum Gasteiger partial charge on any atom is 0.292 e. The highest BCUT2D eigenvalue weighted by atomic mass is 16.6. The number of ether oxygens (including phenoxy) is 1. The normalized spacial score (nSPS) is 10.6. The Morgan fingerprint density at radius 1 is 1.53 bits per heavy atom. The molecule has 0 aliphatic heterocycles. The van der Waals surface area contributed by atoms with Crippen LogP contribution in [0.2, 0.25) is 0 Å². The summed E-state index contributed by atoms with van der Waals surface area (Å²) in [5.41, 5.74) is 6.41. The van der Waals surface area contributed by atoms with Crippen LogP contribution >= 0.6 is 0 Å². The third-order valence-electron chi connectivity index (χ3n) is 1.94. The number of nitro benzene ring substituents is 1. The lowest BCUT2D eigenvalue weighted by Gasteiger charge is -2.09. The fourth-order valence-corrected chi connectivity index (χ4v) is 1.14. The Labute approximate surface area is 88.0 Å². The average molecular weight is 210 g/mol. The highest BCUT2D eigenvalue weighted by Crippen LogP contribution is 2.25. The van der Waals surface area contributed by atoms with E-state index in [1.54, 1.807) is 12.1 Å². The zero-order valence-corrected chi connectivity index (χ0v) is 8.77. The maximum atomic E-state index is 10.6. The number of anilines is 1. The maximum absolute atomic E-state index is 10.6. The fraction of sp³-hybridized carbons (Fsp3) is 0.400. The van der Waals surface area contributed by atoms with Crippen LogP contribution in [0.4, 0.5) is 11.4 Å². The summed E-state index contributed by atoms with van der Waals surface area (Å²) in [6, 6.07) is 4.71. The third-order valence-corrected chi connectivity index (χ3v) is 1.94. The number of benzene rings is 1. The Kier molecular flexibility index (Phi) is 3.62. The molecule has 0 amide bonds. The number of nitro groups is 1. The molecule has 5 heteroatoms. The molecule has 15 heavy (non-hydrogen) atoms. The lowest BCUT2D eigenvalue weighted by Crippen LogP contribution is -2.06. The van der Waals surface area contributed by atoms with Gasteiger partial charge in [0.25, 0.3) is 5.69 Å². The molecule has 0 aliphatic carbocycles. The quantitative estimate of drug-likeness (QED) is 0.469. The van der Waals surface area contributed by atoms with Crippen molar-refractivity contribution in [2.45, 2.75) is 26.6 Å². The van der Waals surface area contributed by atoms with Crippen LogP contribution in [-0.2, 0) is 11.3 Å². The van der Waals surface area contributed by atoms with Crippen molar-refractivity contribution >= 4 is 11.4 Å². The highest BCUT2D eigenvalue weighted by Gasteiger charge is 2.14. The SMILES string of the molecule is CC(C)OCc1cccc([N+](=O)[O-])c1N. The lowest BCUT2D eigenvalue weighted by molar-refractivity contribution is -0.384. The number of para-hydroxylation sites is 1. The average Bonchev–Trinajstić information content (AvgIpc) is 2.15. The molecular weight excluding hydrogens is 196 g/mol. The summed E-state index contributed by atoms with van der Waals surface area (Å²) < 4.78 is 5.34. The molecule has 0 bridgehead atoms. The van der Waals surface area contributed by atoms with Gasteiger partial charge in [0.05, 0.1) is 17.6 Å². The van der Waals surface area contributed by atoms with Crippen LogP contribution in [0.5, 0.6) is 0 Å². The number of hydrogen-bond donors (Lipinski definition) is 1. The Bertz CT molecular complexity index is 364. The Morgan fingerprint density at radius 2 is 2.20 bits per heavy atom. The van der Waals surface area contributed by atoms with Crippen LogP contribution in [0, 0.1) is 10.1 Å². The van der Waals surface area contributed by atoms with E-state index in [-0.39, 0.29) is 17.5 Å². The minimum Gasteiger partial charge on any atom is -0.393 e. The minimum atomic E-state index is -0.492. The van der Waals surface area contributed by atoms with Gasteiger partial charge in [-0.15, -0.1) is 0 Å². The van der Waals surface area contributed by atoms with Crippen molar-refractivity contribution < 1.29 is 9.66 Å². The van der Waals surface area contributed by atoms with Crippen molar-refractivity contribution in [3.63, 3.8) is 0 Å². The van der Waals surface area contributed by atoms with Crippen LogP contribution in [0.15, 0.2) is 18.2 Å². The molecule has 0 spiro atoms. The molecule has 0 saturated carbocycles. The standard InChI is InChI=1S/C10H14N2O3/c1-7(2)15-6-8-4-3-5-9(10(8)11)12(13)14/h3-5,7H,6,11H2,1-2H3. The van der Waals surface area contributed by atoms with Gasteiger partial charge in [-0.1, -0.05) is 12.1 Å². The zero-order valence-electron chi connectivity index (χ0n) is 8.77. The van der Waals surface area contributed by atoms with Gasteiger partial charge in [0.2, 0.25) is 0 Å². The van der Waals surface area contributed by atoms with Crippen molar-refractivity contribution in [2.75, 3.05) is 5.73 Å². The second-order valence-electron chi connectivity index (χ2n) is 3.47. The molecule has 1 aromatic rings. The predicted molar refractivity (Wildman–Crippen MR) is 57.4 cm³/mol. The molecule has 1 rings (SSSR count). The summed E-state index contributed by atoms with van der Waals surface area (Å²) in [6.07, 6.45) is 0.0728. The molecule has 82 valence electrons. The zero-order chi connectivity index (χ0) is 11.4. The second-order valence-corrected chi connectivity index (χ2v) is 3.47. The summed E-state index contributed by atoms with van der Waals surface area (Å²) >= 11 is 0. The number of nitrogens with two attached hydrogens (primary N) is 1. The molecule has 0 aliphatic rings. The fourth-order valence-electron chi connectivity index (χ4n) is 1.14. The van der Waals surface area contributed by atoms with Crippen molar-refractivity contribution in [1.82, 2.24) is 0 Å². The van der Waals surface area contributed by atoms with Crippen molar-refractivity contribution in [1.29, 1.82) is 0 Å². The molecular formula is C10H14N2O3. The van der Waals surface area contributed by atoms with Gasteiger partial charge in [0.15, 0.2) is 0 Å². The Balaban J connectivity index is 2.89. The lowest BCUT2D eigenvalue weighted by atomic mass is 10.1. The summed E-state index contributed by atoms with van der Waals surface area (Å²) in [4.78, 5) is 10.1. The molecule has 2 N–H and O–H groups in total. The van der Waals surface area contributed by atoms with Gasteiger partial charge < -0.3 is 10.5 Å². The molecule has 0 atom stereocenters. The van der Waals surface area contributed by atoms with Crippen LogP contribution in [-0.4, -0.2) is 11.0 Å². The molecule has 0 aromatic heterocycles. The smallest absolute Gasteiger partial charge is 0.292 e. The topological polar surface area (TPSA) is 78.4 Å². The van der Waals surface area contributed by atoms with E-state index in [4.69, 9.17) is 10.5 Å². The van der Waals surface area contributed by atoms with E-state index < -0.39 is 4.92 Å². The van der Waals surface area contributed by atoms with Crippen molar-refractivity contribution in [3.8, 4) is 0 Å². The molecule has 1 aromatic carbocycles. The number of hydrogen-bond acceptors (Lipinski definition) is 4. The van der Waals surface area contributed by atoms with E-state index in [0.717, 1.165) is 0 Å². The summed E-state index contributed by atoms with van der Waals surface area (Å²) in [6.45, 7) is 4.09. The van der Waals surface area contributed by atoms with Gasteiger partial charge in [0, 0.05) is 11.6 Å². The molecule has 0 saturated heterocycles. The van der Waals surface area contributed by atoms with Crippen molar-refractivity contribution in [2.24, 2.45) is 0 Å². The largest absolute Gasteiger partial charge is 0.393 e. The first-order chi connectivity index (χ1) is 7.02.